The Morgan fingerprint density at radius 2 is 1.92 bits per heavy atom. The van der Waals surface area contributed by atoms with E-state index in [-0.39, 0.29) is 0 Å². The minimum absolute atomic E-state index is 0.568. The molecular formula is C7H14N2O2S2. The van der Waals surface area contributed by atoms with Crippen LogP contribution in [0.25, 0.3) is 0 Å². The van der Waals surface area contributed by atoms with Gasteiger partial charge in [-0.1, -0.05) is 12.7 Å². The summed E-state index contributed by atoms with van der Waals surface area (Å²) in [6, 6.07) is -0.833. The molecule has 76 valence electrons. The maximum absolute atomic E-state index is 10.8. The number of carbonyl (C=O) groups excluding carboxylic acids is 1. The van der Waals surface area contributed by atoms with Crippen molar-refractivity contribution in [2.75, 3.05) is 11.5 Å². The summed E-state index contributed by atoms with van der Waals surface area (Å²) in [5.41, 5.74) is 8.50. The van der Waals surface area contributed by atoms with Gasteiger partial charge in [0.05, 0.1) is 16.5 Å². The van der Waals surface area contributed by atoms with Crippen LogP contribution in [0, 0.1) is 0 Å². The molecule has 1 unspecified atom stereocenters. The van der Waals surface area contributed by atoms with E-state index in [1.165, 1.54) is 10.8 Å². The lowest BCUT2D eigenvalue weighted by Crippen LogP contribution is -2.18. The van der Waals surface area contributed by atoms with Crippen LogP contribution in [0.4, 0.5) is 4.79 Å². The summed E-state index contributed by atoms with van der Waals surface area (Å²) in [7, 11) is 0.591. The van der Waals surface area contributed by atoms with Gasteiger partial charge in [-0.05, 0) is 6.08 Å². The summed E-state index contributed by atoms with van der Waals surface area (Å²) in [5, 5.41) is 0. The van der Waals surface area contributed by atoms with Gasteiger partial charge in [-0.15, -0.1) is 6.58 Å². The van der Waals surface area contributed by atoms with Gasteiger partial charge < -0.3 is 16.0 Å². The van der Waals surface area contributed by atoms with Crippen LogP contribution in [-0.2, 0) is 10.2 Å². The van der Waals surface area contributed by atoms with E-state index in [4.69, 9.17) is 4.79 Å². The van der Waals surface area contributed by atoms with Crippen LogP contribution < -0.4 is 11.5 Å². The quantitative estimate of drug-likeness (QED) is 0.409. The van der Waals surface area contributed by atoms with Crippen LogP contribution in [0.3, 0.4) is 0 Å². The zero-order chi connectivity index (χ0) is 10.7. The highest BCUT2D eigenvalue weighted by Crippen LogP contribution is 2.12. The molecule has 1 atom stereocenters. The third kappa shape index (κ3) is 24.6. The highest BCUT2D eigenvalue weighted by Gasteiger charge is 2.01. The second-order valence-electron chi connectivity index (χ2n) is 1.73. The van der Waals surface area contributed by atoms with Gasteiger partial charge in [-0.25, -0.2) is 4.79 Å². The monoisotopic (exact) mass is 222 g/mol. The van der Waals surface area contributed by atoms with Gasteiger partial charge in [0.25, 0.3) is 0 Å². The van der Waals surface area contributed by atoms with E-state index in [2.05, 4.69) is 24.6 Å². The summed E-state index contributed by atoms with van der Waals surface area (Å²) in [6.45, 7) is 6.99. The van der Waals surface area contributed by atoms with Crippen molar-refractivity contribution in [3.8, 4) is 0 Å². The molecule has 0 saturated carbocycles. The van der Waals surface area contributed by atoms with Crippen molar-refractivity contribution in [1.29, 1.82) is 0 Å². The standard InChI is InChI=1S/C6H10OS2.CH4N2O/c1-3-5-8-9(7)6-4-2;2-1(3)4/h3-4H,1-2,5-6H2;(H4,2,3,4). The van der Waals surface area contributed by atoms with Gasteiger partial charge in [-0.2, -0.15) is 0 Å². The van der Waals surface area contributed by atoms with E-state index in [0.29, 0.717) is 5.75 Å². The minimum atomic E-state index is -0.833. The Morgan fingerprint density at radius 3 is 2.23 bits per heavy atom. The number of hydrogen-bond donors (Lipinski definition) is 2. The Balaban J connectivity index is 0. The van der Waals surface area contributed by atoms with Gasteiger partial charge in [0.15, 0.2) is 0 Å². The summed E-state index contributed by atoms with van der Waals surface area (Å²) >= 11 is 0. The zero-order valence-electron chi connectivity index (χ0n) is 7.27. The third-order valence-corrected chi connectivity index (χ3v) is 3.32. The molecule has 0 aliphatic carbocycles. The molecule has 0 spiro atoms. The Hall–Kier alpha value is -0.590. The van der Waals surface area contributed by atoms with Crippen LogP contribution in [0.15, 0.2) is 25.3 Å². The second-order valence-corrected chi connectivity index (χ2v) is 5.07. The molecule has 6 heteroatoms. The van der Waals surface area contributed by atoms with Gasteiger partial charge in [0, 0.05) is 10.2 Å². The Morgan fingerprint density at radius 1 is 1.46 bits per heavy atom. The van der Waals surface area contributed by atoms with Crippen molar-refractivity contribution in [3.63, 3.8) is 0 Å². The molecule has 4 nitrogen and oxygen atoms in total. The molecule has 0 saturated heterocycles. The molecule has 13 heavy (non-hydrogen) atoms. The highest BCUT2D eigenvalue weighted by atomic mass is 33.1. The fourth-order valence-corrected chi connectivity index (χ4v) is 2.13. The molecule has 0 aliphatic rings. The zero-order valence-corrected chi connectivity index (χ0v) is 8.90. The number of nitrogens with two attached hydrogens (primary N) is 2. The molecule has 0 rings (SSSR count). The van der Waals surface area contributed by atoms with Gasteiger partial charge in [0.1, 0.15) is 5.75 Å². The predicted molar refractivity (Wildman–Crippen MR) is 59.6 cm³/mol. The Bertz CT molecular complexity index is 161. The van der Waals surface area contributed by atoms with Crippen molar-refractivity contribution in [2.24, 2.45) is 11.5 Å². The maximum Gasteiger partial charge on any atom is 0.309 e. The fraction of sp³-hybridized carbons (Fsp3) is 0.286. The summed E-state index contributed by atoms with van der Waals surface area (Å²) in [4.78, 5) is 9.00. The van der Waals surface area contributed by atoms with E-state index in [1.54, 1.807) is 12.2 Å². The largest absolute Gasteiger partial charge is 0.605 e. The van der Waals surface area contributed by atoms with Gasteiger partial charge in [-0.3, -0.25) is 0 Å². The minimum Gasteiger partial charge on any atom is -0.605 e. The Labute approximate surface area is 85.0 Å². The first-order chi connectivity index (χ1) is 6.04. The molecule has 0 aromatic rings. The normalized spacial score (nSPS) is 10.5. The molecule has 2 amide bonds. The number of primary amides is 2. The third-order valence-electron chi connectivity index (χ3n) is 0.571. The second kappa shape index (κ2) is 11.4. The van der Waals surface area contributed by atoms with Crippen molar-refractivity contribution in [1.82, 2.24) is 0 Å². The van der Waals surface area contributed by atoms with Crippen molar-refractivity contribution in [2.45, 2.75) is 0 Å². The van der Waals surface area contributed by atoms with Crippen molar-refractivity contribution in [3.05, 3.63) is 25.3 Å². The first kappa shape index (κ1) is 14.9. The SMILES string of the molecule is C=CCS[S+]([O-])CC=C.NC(N)=O. The van der Waals surface area contributed by atoms with Crippen LogP contribution in [0.2, 0.25) is 0 Å². The molecular weight excluding hydrogens is 208 g/mol. The van der Waals surface area contributed by atoms with Crippen molar-refractivity contribution >= 4 is 27.0 Å². The average molecular weight is 222 g/mol. The van der Waals surface area contributed by atoms with E-state index in [1.807, 2.05) is 0 Å². The molecule has 0 heterocycles. The highest BCUT2D eigenvalue weighted by molar-refractivity contribution is 8.72. The van der Waals surface area contributed by atoms with Crippen LogP contribution >= 0.6 is 10.8 Å². The fourth-order valence-electron chi connectivity index (χ4n) is 0.268. The topological polar surface area (TPSA) is 92.2 Å². The average Bonchev–Trinajstić information content (AvgIpc) is 2.00. The number of rotatable bonds is 5. The van der Waals surface area contributed by atoms with Gasteiger partial charge in [0.2, 0.25) is 0 Å². The predicted octanol–water partition coefficient (Wildman–Crippen LogP) is 0.779. The molecule has 4 N–H and O–H groups in total. The Kier molecular flexibility index (Phi) is 13.1. The lowest BCUT2D eigenvalue weighted by Gasteiger charge is -2.02. The summed E-state index contributed by atoms with van der Waals surface area (Å²) < 4.78 is 10.8. The van der Waals surface area contributed by atoms with E-state index in [9.17, 15) is 4.55 Å². The first-order valence-electron chi connectivity index (χ1n) is 3.33. The molecule has 0 aromatic carbocycles. The first-order valence-corrected chi connectivity index (χ1v) is 6.15. The number of carbonyl (C=O) groups is 1. The smallest absolute Gasteiger partial charge is 0.309 e. The number of urea groups is 1. The number of amides is 2. The number of hydrogen-bond acceptors (Lipinski definition) is 3. The lowest BCUT2D eigenvalue weighted by atomic mass is 10.8. The lowest BCUT2D eigenvalue weighted by molar-refractivity contribution is 0.256. The van der Waals surface area contributed by atoms with Crippen LogP contribution in [-0.4, -0.2) is 22.1 Å². The maximum atomic E-state index is 10.8. The molecule has 0 aromatic heterocycles. The van der Waals surface area contributed by atoms with Gasteiger partial charge >= 0.3 is 6.03 Å². The van der Waals surface area contributed by atoms with Crippen molar-refractivity contribution < 1.29 is 9.35 Å². The van der Waals surface area contributed by atoms with E-state index < -0.39 is 16.2 Å². The molecule has 0 radical (unpaired) electrons. The molecule has 0 fully saturated rings. The summed E-state index contributed by atoms with van der Waals surface area (Å²) in [5.74, 6) is 1.32. The summed E-state index contributed by atoms with van der Waals surface area (Å²) in [6.07, 6.45) is 3.40. The molecule has 0 aliphatic heterocycles. The van der Waals surface area contributed by atoms with E-state index >= 15 is 0 Å². The van der Waals surface area contributed by atoms with Crippen LogP contribution in [0.1, 0.15) is 0 Å². The van der Waals surface area contributed by atoms with Crippen LogP contribution in [0.5, 0.6) is 0 Å². The molecule has 0 bridgehead atoms. The van der Waals surface area contributed by atoms with E-state index in [0.717, 1.165) is 5.75 Å².